The summed E-state index contributed by atoms with van der Waals surface area (Å²) in [6.07, 6.45) is 5.42. The average Bonchev–Trinajstić information content (AvgIpc) is 2.18. The molecule has 0 bridgehead atoms. The van der Waals surface area contributed by atoms with Crippen LogP contribution < -0.4 is 0 Å². The van der Waals surface area contributed by atoms with Crippen LogP contribution in [0.1, 0.15) is 39.0 Å². The third-order valence-corrected chi connectivity index (χ3v) is 3.51. The summed E-state index contributed by atoms with van der Waals surface area (Å²) in [6.45, 7) is 2.79. The van der Waals surface area contributed by atoms with Gasteiger partial charge in [-0.05, 0) is 43.4 Å². The zero-order chi connectivity index (χ0) is 9.03. The smallest absolute Gasteiger partial charge is 0.0487 e. The summed E-state index contributed by atoms with van der Waals surface area (Å²) in [5, 5.41) is 18.2. The van der Waals surface area contributed by atoms with Gasteiger partial charge in [0.25, 0.3) is 0 Å². The fourth-order valence-electron chi connectivity index (χ4n) is 2.10. The van der Waals surface area contributed by atoms with Crippen LogP contribution in [-0.2, 0) is 0 Å². The lowest BCUT2D eigenvalue weighted by molar-refractivity contribution is 0.0465. The second-order valence-electron chi connectivity index (χ2n) is 4.14. The number of rotatable bonds is 3. The Morgan fingerprint density at radius 3 is 2.17 bits per heavy atom. The molecule has 0 aromatic rings. The largest absolute Gasteiger partial charge is 0.396 e. The molecule has 0 atom stereocenters. The molecule has 0 saturated heterocycles. The van der Waals surface area contributed by atoms with E-state index in [0.29, 0.717) is 19.1 Å². The molecule has 1 rings (SSSR count). The van der Waals surface area contributed by atoms with Gasteiger partial charge in [0, 0.05) is 13.2 Å². The van der Waals surface area contributed by atoms with Crippen molar-refractivity contribution in [2.45, 2.75) is 39.0 Å². The van der Waals surface area contributed by atoms with Crippen molar-refractivity contribution in [3.05, 3.63) is 0 Å². The van der Waals surface area contributed by atoms with Gasteiger partial charge >= 0.3 is 0 Å². The van der Waals surface area contributed by atoms with E-state index in [1.807, 2.05) is 0 Å². The molecule has 1 aliphatic rings. The minimum Gasteiger partial charge on any atom is -0.396 e. The first kappa shape index (κ1) is 10.0. The van der Waals surface area contributed by atoms with E-state index in [0.717, 1.165) is 32.1 Å². The van der Waals surface area contributed by atoms with E-state index in [9.17, 15) is 5.11 Å². The molecule has 2 nitrogen and oxygen atoms in total. The Hall–Kier alpha value is -0.0800. The highest BCUT2D eigenvalue weighted by molar-refractivity contribution is 4.83. The third-order valence-electron chi connectivity index (χ3n) is 3.51. The lowest BCUT2D eigenvalue weighted by Crippen LogP contribution is -2.31. The Balaban J connectivity index is 2.42. The zero-order valence-corrected chi connectivity index (χ0v) is 7.92. The van der Waals surface area contributed by atoms with Crippen LogP contribution in [0.25, 0.3) is 0 Å². The van der Waals surface area contributed by atoms with Crippen LogP contribution in [-0.4, -0.2) is 23.4 Å². The van der Waals surface area contributed by atoms with E-state index in [1.165, 1.54) is 0 Å². The Labute approximate surface area is 74.6 Å². The van der Waals surface area contributed by atoms with Gasteiger partial charge in [0.1, 0.15) is 0 Å². The number of aliphatic hydroxyl groups is 2. The molecule has 2 N–H and O–H groups in total. The molecule has 1 aliphatic carbocycles. The van der Waals surface area contributed by atoms with Crippen molar-refractivity contribution < 1.29 is 10.2 Å². The molecule has 72 valence electrons. The van der Waals surface area contributed by atoms with Gasteiger partial charge in [-0.15, -0.1) is 0 Å². The van der Waals surface area contributed by atoms with E-state index in [2.05, 4.69) is 6.92 Å². The first-order valence-electron chi connectivity index (χ1n) is 4.98. The summed E-state index contributed by atoms with van der Waals surface area (Å²) in [4.78, 5) is 0. The molecule has 0 aromatic heterocycles. The van der Waals surface area contributed by atoms with E-state index in [4.69, 9.17) is 5.11 Å². The van der Waals surface area contributed by atoms with Crippen LogP contribution in [0, 0.1) is 11.3 Å². The topological polar surface area (TPSA) is 40.5 Å². The molecule has 0 aromatic carbocycles. The molecule has 1 fully saturated rings. The van der Waals surface area contributed by atoms with Crippen LogP contribution in [0.15, 0.2) is 0 Å². The molecule has 0 unspecified atom stereocenters. The van der Waals surface area contributed by atoms with Gasteiger partial charge in [0.05, 0.1) is 0 Å². The molecule has 0 spiro atoms. The fourth-order valence-corrected chi connectivity index (χ4v) is 2.10. The van der Waals surface area contributed by atoms with Crippen LogP contribution in [0.4, 0.5) is 0 Å². The number of aliphatic hydroxyl groups excluding tert-OH is 2. The molecular formula is C10H20O2. The van der Waals surface area contributed by atoms with Crippen molar-refractivity contribution in [3.8, 4) is 0 Å². The number of hydrogen-bond donors (Lipinski definition) is 2. The first-order chi connectivity index (χ1) is 5.76. The summed E-state index contributed by atoms with van der Waals surface area (Å²) >= 11 is 0. The van der Waals surface area contributed by atoms with Crippen LogP contribution in [0.2, 0.25) is 0 Å². The van der Waals surface area contributed by atoms with Gasteiger partial charge in [-0.1, -0.05) is 6.92 Å². The maximum atomic E-state index is 9.24. The maximum Gasteiger partial charge on any atom is 0.0487 e. The SMILES string of the molecule is CC[C@]1(CO)CC[C@H](CO)CC1. The summed E-state index contributed by atoms with van der Waals surface area (Å²) in [5.41, 5.74) is 0.186. The summed E-state index contributed by atoms with van der Waals surface area (Å²) in [7, 11) is 0. The van der Waals surface area contributed by atoms with Gasteiger partial charge in [-0.25, -0.2) is 0 Å². The van der Waals surface area contributed by atoms with Crippen molar-refractivity contribution in [2.24, 2.45) is 11.3 Å². The zero-order valence-electron chi connectivity index (χ0n) is 7.92. The lowest BCUT2D eigenvalue weighted by Gasteiger charge is -2.37. The number of hydrogen-bond acceptors (Lipinski definition) is 2. The van der Waals surface area contributed by atoms with Gasteiger partial charge in [-0.2, -0.15) is 0 Å². The molecule has 0 heterocycles. The van der Waals surface area contributed by atoms with Gasteiger partial charge < -0.3 is 10.2 Å². The molecule has 2 heteroatoms. The predicted octanol–water partition coefficient (Wildman–Crippen LogP) is 1.56. The quantitative estimate of drug-likeness (QED) is 0.678. The highest BCUT2D eigenvalue weighted by Gasteiger charge is 2.32. The van der Waals surface area contributed by atoms with Crippen LogP contribution >= 0.6 is 0 Å². The van der Waals surface area contributed by atoms with Gasteiger partial charge in [0.2, 0.25) is 0 Å². The first-order valence-corrected chi connectivity index (χ1v) is 4.98. The van der Waals surface area contributed by atoms with Gasteiger partial charge in [0.15, 0.2) is 0 Å². The predicted molar refractivity (Wildman–Crippen MR) is 48.9 cm³/mol. The minimum atomic E-state index is 0.186. The maximum absolute atomic E-state index is 9.24. The molecule has 0 aliphatic heterocycles. The molecular weight excluding hydrogens is 152 g/mol. The third kappa shape index (κ3) is 1.99. The van der Waals surface area contributed by atoms with Crippen molar-refractivity contribution in [1.82, 2.24) is 0 Å². The van der Waals surface area contributed by atoms with Crippen molar-refractivity contribution in [3.63, 3.8) is 0 Å². The Morgan fingerprint density at radius 2 is 1.83 bits per heavy atom. The monoisotopic (exact) mass is 172 g/mol. The summed E-state index contributed by atoms with van der Waals surface area (Å²) in [6, 6.07) is 0. The Bertz CT molecular complexity index is 120. The summed E-state index contributed by atoms with van der Waals surface area (Å²) in [5.74, 6) is 0.497. The van der Waals surface area contributed by atoms with Crippen molar-refractivity contribution >= 4 is 0 Å². The standard InChI is InChI=1S/C10H20O2/c1-2-10(8-12)5-3-9(7-11)4-6-10/h9,11-12H,2-8H2,1H3/t9-,10-. The molecule has 0 amide bonds. The molecule has 1 saturated carbocycles. The van der Waals surface area contributed by atoms with E-state index < -0.39 is 0 Å². The molecule has 0 radical (unpaired) electrons. The normalized spacial score (nSPS) is 36.8. The average molecular weight is 172 g/mol. The van der Waals surface area contributed by atoms with Crippen molar-refractivity contribution in [1.29, 1.82) is 0 Å². The second-order valence-corrected chi connectivity index (χ2v) is 4.14. The van der Waals surface area contributed by atoms with Crippen molar-refractivity contribution in [2.75, 3.05) is 13.2 Å². The van der Waals surface area contributed by atoms with E-state index >= 15 is 0 Å². The molecule has 12 heavy (non-hydrogen) atoms. The second kappa shape index (κ2) is 4.24. The van der Waals surface area contributed by atoms with Gasteiger partial charge in [-0.3, -0.25) is 0 Å². The van der Waals surface area contributed by atoms with E-state index in [-0.39, 0.29) is 5.41 Å². The highest BCUT2D eigenvalue weighted by atomic mass is 16.3. The summed E-state index contributed by atoms with van der Waals surface area (Å²) < 4.78 is 0. The van der Waals surface area contributed by atoms with Crippen LogP contribution in [0.3, 0.4) is 0 Å². The highest BCUT2D eigenvalue weighted by Crippen LogP contribution is 2.40. The Kier molecular flexibility index (Phi) is 3.53. The lowest BCUT2D eigenvalue weighted by atomic mass is 9.69. The Morgan fingerprint density at radius 1 is 1.25 bits per heavy atom. The van der Waals surface area contributed by atoms with Crippen LogP contribution in [0.5, 0.6) is 0 Å². The van der Waals surface area contributed by atoms with E-state index in [1.54, 1.807) is 0 Å². The minimum absolute atomic E-state index is 0.186. The fraction of sp³-hybridized carbons (Fsp3) is 1.00.